The minimum absolute atomic E-state index is 0.00885. The molecule has 2 aliphatic rings. The number of rotatable bonds is 7. The van der Waals surface area contributed by atoms with Crippen LogP contribution in [0.25, 0.3) is 21.1 Å². The largest absolute Gasteiger partial charge is 0.382 e. The standard InChI is InChI=1S/C30H33N5O4S/c1-39-17-23(21-16-32-27-20(21)9-6-14-31-27)34-28(36)24-13-12-19-8-3-4-10-22(30(38)35(19)24)33-29(37)26-15-18-7-2-5-11-25(18)40-26/h2,5-7,9,11,14-16,19,22-24H,3-4,8,10,12-13,17H2,1H3,(H,31,32)(H,33,37)(H,34,36)/t19-,22-,23?,24-/m0/s1. The van der Waals surface area contributed by atoms with E-state index in [0.717, 1.165) is 52.4 Å². The molecule has 4 aromatic rings. The number of ether oxygens (including phenoxy) is 1. The second kappa shape index (κ2) is 11.4. The van der Waals surface area contributed by atoms with E-state index in [1.54, 1.807) is 18.2 Å². The molecule has 9 nitrogen and oxygen atoms in total. The van der Waals surface area contributed by atoms with Crippen LogP contribution in [0.1, 0.15) is 59.8 Å². The summed E-state index contributed by atoms with van der Waals surface area (Å²) in [6.07, 6.45) is 8.15. The molecular weight excluding hydrogens is 526 g/mol. The highest BCUT2D eigenvalue weighted by atomic mass is 32.1. The molecular formula is C30H33N5O4S. The first-order valence-corrected chi connectivity index (χ1v) is 14.7. The normalized spacial score (nSPS) is 22.1. The molecule has 4 atom stereocenters. The third-order valence-corrected chi connectivity index (χ3v) is 9.22. The number of nitrogens with zero attached hydrogens (tertiary/aromatic N) is 2. The van der Waals surface area contributed by atoms with E-state index in [1.807, 2.05) is 48.7 Å². The number of aromatic nitrogens is 2. The molecule has 10 heteroatoms. The van der Waals surface area contributed by atoms with Crippen LogP contribution in [0.3, 0.4) is 0 Å². The highest BCUT2D eigenvalue weighted by Crippen LogP contribution is 2.33. The number of H-pyrrole nitrogens is 1. The first kappa shape index (κ1) is 26.5. The Balaban J connectivity index is 1.20. The first-order valence-electron chi connectivity index (χ1n) is 13.9. The summed E-state index contributed by atoms with van der Waals surface area (Å²) in [5.41, 5.74) is 1.63. The number of thiophene rings is 1. The second-order valence-electron chi connectivity index (χ2n) is 10.6. The third-order valence-electron chi connectivity index (χ3n) is 8.10. The quantitative estimate of drug-likeness (QED) is 0.312. The van der Waals surface area contributed by atoms with Crippen molar-refractivity contribution in [2.75, 3.05) is 13.7 Å². The van der Waals surface area contributed by atoms with Crippen LogP contribution in [0.2, 0.25) is 0 Å². The van der Waals surface area contributed by atoms with E-state index >= 15 is 0 Å². The van der Waals surface area contributed by atoms with Gasteiger partial charge in [0.25, 0.3) is 5.91 Å². The van der Waals surface area contributed by atoms with Gasteiger partial charge in [-0.3, -0.25) is 14.4 Å². The van der Waals surface area contributed by atoms with Gasteiger partial charge in [0.05, 0.1) is 17.5 Å². The van der Waals surface area contributed by atoms with Crippen molar-refractivity contribution in [1.82, 2.24) is 25.5 Å². The van der Waals surface area contributed by atoms with Crippen molar-refractivity contribution >= 4 is 50.2 Å². The average molecular weight is 560 g/mol. The van der Waals surface area contributed by atoms with E-state index in [9.17, 15) is 14.4 Å². The Labute approximate surface area is 236 Å². The molecule has 2 fully saturated rings. The number of carbonyl (C=O) groups is 3. The number of pyridine rings is 1. The van der Waals surface area contributed by atoms with Gasteiger partial charge < -0.3 is 25.3 Å². The molecule has 208 valence electrons. The number of hydrogen-bond donors (Lipinski definition) is 3. The molecule has 0 radical (unpaired) electrons. The number of amides is 3. The number of aromatic amines is 1. The van der Waals surface area contributed by atoms with Gasteiger partial charge in [0.15, 0.2) is 0 Å². The summed E-state index contributed by atoms with van der Waals surface area (Å²) in [5.74, 6) is -0.618. The van der Waals surface area contributed by atoms with Crippen LogP contribution in [0.15, 0.2) is 54.9 Å². The van der Waals surface area contributed by atoms with Crippen molar-refractivity contribution in [2.24, 2.45) is 0 Å². The second-order valence-corrected chi connectivity index (χ2v) is 11.7. The van der Waals surface area contributed by atoms with Crippen molar-refractivity contribution in [3.05, 3.63) is 65.3 Å². The Morgan fingerprint density at radius 1 is 1.15 bits per heavy atom. The number of methoxy groups -OCH3 is 1. The molecule has 3 aromatic heterocycles. The number of nitrogens with one attached hydrogen (secondary N) is 3. The van der Waals surface area contributed by atoms with Crippen molar-refractivity contribution < 1.29 is 19.1 Å². The number of benzene rings is 1. The van der Waals surface area contributed by atoms with E-state index < -0.39 is 18.1 Å². The van der Waals surface area contributed by atoms with Crippen molar-refractivity contribution in [3.63, 3.8) is 0 Å². The van der Waals surface area contributed by atoms with Crippen LogP contribution in [0, 0.1) is 0 Å². The predicted molar refractivity (Wildman–Crippen MR) is 154 cm³/mol. The molecule has 0 saturated carbocycles. The Kier molecular flexibility index (Phi) is 7.53. The SMILES string of the molecule is COCC(NC(=O)[C@@H]1CC[C@@H]2CCCC[C@H](NC(=O)c3cc4ccccc4s3)C(=O)N21)c1c[nH]c2ncccc12. The minimum atomic E-state index is -0.664. The van der Waals surface area contributed by atoms with Gasteiger partial charge in [0, 0.05) is 41.2 Å². The maximum Gasteiger partial charge on any atom is 0.262 e. The molecule has 2 aliphatic heterocycles. The van der Waals surface area contributed by atoms with E-state index in [4.69, 9.17) is 4.74 Å². The van der Waals surface area contributed by atoms with Gasteiger partial charge in [-0.1, -0.05) is 31.0 Å². The monoisotopic (exact) mass is 559 g/mol. The number of hydrogen-bond acceptors (Lipinski definition) is 6. The molecule has 1 unspecified atom stereocenters. The highest BCUT2D eigenvalue weighted by Gasteiger charge is 2.44. The zero-order chi connectivity index (χ0) is 27.6. The molecule has 40 heavy (non-hydrogen) atoms. The van der Waals surface area contributed by atoms with Crippen LogP contribution in [0.4, 0.5) is 0 Å². The summed E-state index contributed by atoms with van der Waals surface area (Å²) in [7, 11) is 1.60. The summed E-state index contributed by atoms with van der Waals surface area (Å²) in [5, 5.41) is 8.08. The fraction of sp³-hybridized carbons (Fsp3) is 0.400. The first-order chi connectivity index (χ1) is 19.5. The molecule has 6 rings (SSSR count). The summed E-state index contributed by atoms with van der Waals surface area (Å²) in [6, 6.07) is 11.9. The fourth-order valence-electron chi connectivity index (χ4n) is 6.16. The Hall–Kier alpha value is -3.76. The molecule has 0 aliphatic carbocycles. The lowest BCUT2D eigenvalue weighted by atomic mass is 9.99. The lowest BCUT2D eigenvalue weighted by Gasteiger charge is -2.35. The summed E-state index contributed by atoms with van der Waals surface area (Å²) in [6.45, 7) is 0.283. The predicted octanol–water partition coefficient (Wildman–Crippen LogP) is 4.31. The lowest BCUT2D eigenvalue weighted by Crippen LogP contribution is -2.56. The van der Waals surface area contributed by atoms with Crippen LogP contribution in [-0.2, 0) is 14.3 Å². The smallest absolute Gasteiger partial charge is 0.262 e. The van der Waals surface area contributed by atoms with Crippen LogP contribution < -0.4 is 10.6 Å². The molecule has 0 spiro atoms. The molecule has 1 aromatic carbocycles. The Bertz CT molecular complexity index is 1510. The summed E-state index contributed by atoms with van der Waals surface area (Å²) in [4.78, 5) is 50.8. The maximum absolute atomic E-state index is 13.9. The number of fused-ring (bicyclic) bond motifs is 3. The molecule has 0 bridgehead atoms. The van der Waals surface area contributed by atoms with Crippen LogP contribution >= 0.6 is 11.3 Å². The average Bonchev–Trinajstić information content (AvgIpc) is 3.69. The van der Waals surface area contributed by atoms with Gasteiger partial charge in [-0.25, -0.2) is 4.98 Å². The number of carbonyl (C=O) groups excluding carboxylic acids is 3. The van der Waals surface area contributed by atoms with Crippen molar-refractivity contribution in [2.45, 2.75) is 62.7 Å². The van der Waals surface area contributed by atoms with Gasteiger partial charge in [0.1, 0.15) is 17.7 Å². The van der Waals surface area contributed by atoms with E-state index in [1.165, 1.54) is 11.3 Å². The van der Waals surface area contributed by atoms with Gasteiger partial charge in [-0.15, -0.1) is 11.3 Å². The molecule has 3 amide bonds. The van der Waals surface area contributed by atoms with E-state index in [-0.39, 0.29) is 30.4 Å². The van der Waals surface area contributed by atoms with Gasteiger partial charge >= 0.3 is 0 Å². The zero-order valence-electron chi connectivity index (χ0n) is 22.4. The Morgan fingerprint density at radius 3 is 2.85 bits per heavy atom. The summed E-state index contributed by atoms with van der Waals surface area (Å²) >= 11 is 1.42. The van der Waals surface area contributed by atoms with Crippen molar-refractivity contribution in [1.29, 1.82) is 0 Å². The van der Waals surface area contributed by atoms with Crippen molar-refractivity contribution in [3.8, 4) is 0 Å². The van der Waals surface area contributed by atoms with E-state index in [0.29, 0.717) is 17.7 Å². The van der Waals surface area contributed by atoms with Gasteiger partial charge in [0.2, 0.25) is 11.8 Å². The Morgan fingerprint density at radius 2 is 2.00 bits per heavy atom. The van der Waals surface area contributed by atoms with E-state index in [2.05, 4.69) is 20.6 Å². The molecule has 2 saturated heterocycles. The zero-order valence-corrected chi connectivity index (χ0v) is 23.2. The highest BCUT2D eigenvalue weighted by molar-refractivity contribution is 7.20. The van der Waals surface area contributed by atoms with Crippen LogP contribution in [0.5, 0.6) is 0 Å². The van der Waals surface area contributed by atoms with Crippen LogP contribution in [-0.4, -0.2) is 64.4 Å². The molecule has 5 heterocycles. The minimum Gasteiger partial charge on any atom is -0.382 e. The molecule has 3 N–H and O–H groups in total. The topological polar surface area (TPSA) is 116 Å². The fourth-order valence-corrected chi connectivity index (χ4v) is 7.12. The summed E-state index contributed by atoms with van der Waals surface area (Å²) < 4.78 is 6.49. The van der Waals surface area contributed by atoms with Gasteiger partial charge in [-0.05, 0) is 55.3 Å². The lowest BCUT2D eigenvalue weighted by molar-refractivity contribution is -0.143. The van der Waals surface area contributed by atoms with Gasteiger partial charge in [-0.2, -0.15) is 0 Å². The maximum atomic E-state index is 13.9. The third kappa shape index (κ3) is 5.09.